The summed E-state index contributed by atoms with van der Waals surface area (Å²) in [6.07, 6.45) is 8.34. The molecule has 0 spiro atoms. The monoisotopic (exact) mass is 355 g/mol. The highest BCUT2D eigenvalue weighted by molar-refractivity contribution is 5.75. The number of aromatic nitrogens is 2. The van der Waals surface area contributed by atoms with Crippen LogP contribution in [0.25, 0.3) is 11.0 Å². The number of allylic oxidation sites excluding steroid dienone is 2. The first-order valence-corrected chi connectivity index (χ1v) is 9.19. The molecule has 0 atom stereocenters. The molecule has 0 saturated carbocycles. The van der Waals surface area contributed by atoms with E-state index in [9.17, 15) is 4.39 Å². The number of piperazine rings is 1. The molecular formula is C20H26FN5. The van der Waals surface area contributed by atoms with E-state index in [1.54, 1.807) is 12.3 Å². The fourth-order valence-electron chi connectivity index (χ4n) is 3.22. The van der Waals surface area contributed by atoms with Crippen molar-refractivity contribution in [1.82, 2.24) is 25.5 Å². The molecule has 6 heteroatoms. The summed E-state index contributed by atoms with van der Waals surface area (Å²) in [7, 11) is 0. The molecule has 1 fully saturated rings. The maximum atomic E-state index is 14.7. The standard InChI is InChI=1S/C20H26FN5/c1-3-5-18(26-12-10-22-11-13-26)16(4-2)25-14-15-6-7-17-20(19(15)21)24-9-8-23-17/h4-9,22,25H,3,10-14H2,1-2H3/b16-4+,18-5+. The summed E-state index contributed by atoms with van der Waals surface area (Å²) in [4.78, 5) is 10.7. The molecule has 1 aliphatic heterocycles. The fraction of sp³-hybridized carbons (Fsp3) is 0.400. The molecule has 5 nitrogen and oxygen atoms in total. The Kier molecular flexibility index (Phi) is 6.17. The molecule has 1 saturated heterocycles. The Bertz CT molecular complexity index is 809. The summed E-state index contributed by atoms with van der Waals surface area (Å²) in [6, 6.07) is 3.59. The first-order chi connectivity index (χ1) is 12.7. The van der Waals surface area contributed by atoms with E-state index in [1.165, 1.54) is 11.9 Å². The van der Waals surface area contributed by atoms with Crippen molar-refractivity contribution in [3.05, 3.63) is 59.5 Å². The zero-order valence-corrected chi connectivity index (χ0v) is 15.4. The number of benzene rings is 1. The Labute approximate surface area is 154 Å². The lowest BCUT2D eigenvalue weighted by atomic mass is 10.1. The SMILES string of the molecule is C/C=C(NCc1ccc2nccnc2c1F)\C(=C/CC)N1CCNCC1. The summed E-state index contributed by atoms with van der Waals surface area (Å²) in [5, 5.41) is 6.80. The number of nitrogens with zero attached hydrogens (tertiary/aromatic N) is 3. The summed E-state index contributed by atoms with van der Waals surface area (Å²) in [5.74, 6) is -0.304. The highest BCUT2D eigenvalue weighted by atomic mass is 19.1. The van der Waals surface area contributed by atoms with Crippen molar-refractivity contribution in [2.75, 3.05) is 26.2 Å². The Hall–Kier alpha value is -2.47. The van der Waals surface area contributed by atoms with Gasteiger partial charge in [0.2, 0.25) is 0 Å². The second kappa shape index (κ2) is 8.76. The first-order valence-electron chi connectivity index (χ1n) is 9.19. The van der Waals surface area contributed by atoms with Crippen molar-refractivity contribution < 1.29 is 4.39 Å². The van der Waals surface area contributed by atoms with Crippen LogP contribution < -0.4 is 10.6 Å². The van der Waals surface area contributed by atoms with Crippen LogP contribution in [0.4, 0.5) is 4.39 Å². The van der Waals surface area contributed by atoms with Crippen LogP contribution in [0, 0.1) is 5.82 Å². The fourth-order valence-corrected chi connectivity index (χ4v) is 3.22. The van der Waals surface area contributed by atoms with Crippen LogP contribution in [-0.2, 0) is 6.54 Å². The van der Waals surface area contributed by atoms with Gasteiger partial charge in [0.05, 0.1) is 16.9 Å². The molecule has 1 aliphatic rings. The van der Waals surface area contributed by atoms with Crippen LogP contribution in [0.2, 0.25) is 0 Å². The molecule has 0 unspecified atom stereocenters. The van der Waals surface area contributed by atoms with Gasteiger partial charge in [0, 0.05) is 50.7 Å². The van der Waals surface area contributed by atoms with Crippen LogP contribution in [0.1, 0.15) is 25.8 Å². The number of halogens is 1. The van der Waals surface area contributed by atoms with E-state index in [2.05, 4.69) is 44.6 Å². The van der Waals surface area contributed by atoms with E-state index < -0.39 is 0 Å². The van der Waals surface area contributed by atoms with E-state index in [4.69, 9.17) is 0 Å². The molecule has 0 aliphatic carbocycles. The Morgan fingerprint density at radius 2 is 2.04 bits per heavy atom. The Balaban J connectivity index is 1.78. The third-order valence-electron chi connectivity index (χ3n) is 4.55. The maximum absolute atomic E-state index is 14.7. The van der Waals surface area contributed by atoms with Crippen LogP contribution in [0.15, 0.2) is 48.1 Å². The van der Waals surface area contributed by atoms with Crippen molar-refractivity contribution in [1.29, 1.82) is 0 Å². The molecule has 0 bridgehead atoms. The van der Waals surface area contributed by atoms with Crippen molar-refractivity contribution in [2.45, 2.75) is 26.8 Å². The average molecular weight is 355 g/mol. The molecule has 1 aromatic heterocycles. The van der Waals surface area contributed by atoms with Gasteiger partial charge in [-0.3, -0.25) is 4.98 Å². The summed E-state index contributed by atoms with van der Waals surface area (Å²) in [5.41, 5.74) is 3.71. The van der Waals surface area contributed by atoms with Crippen LogP contribution >= 0.6 is 0 Å². The average Bonchev–Trinajstić information content (AvgIpc) is 2.70. The molecule has 2 aromatic rings. The Morgan fingerprint density at radius 3 is 2.77 bits per heavy atom. The highest BCUT2D eigenvalue weighted by Gasteiger charge is 2.16. The zero-order chi connectivity index (χ0) is 18.4. The third kappa shape index (κ3) is 4.02. The predicted octanol–water partition coefficient (Wildman–Crippen LogP) is 2.96. The van der Waals surface area contributed by atoms with Gasteiger partial charge < -0.3 is 15.5 Å². The minimum atomic E-state index is -0.304. The quantitative estimate of drug-likeness (QED) is 0.781. The smallest absolute Gasteiger partial charge is 0.155 e. The number of hydrogen-bond donors (Lipinski definition) is 2. The van der Waals surface area contributed by atoms with Crippen molar-refractivity contribution in [3.63, 3.8) is 0 Å². The minimum absolute atomic E-state index is 0.304. The van der Waals surface area contributed by atoms with Crippen LogP contribution in [0.3, 0.4) is 0 Å². The molecule has 2 heterocycles. The minimum Gasteiger partial charge on any atom is -0.379 e. The molecule has 0 radical (unpaired) electrons. The second-order valence-corrected chi connectivity index (χ2v) is 6.25. The van der Waals surface area contributed by atoms with Crippen molar-refractivity contribution >= 4 is 11.0 Å². The molecule has 26 heavy (non-hydrogen) atoms. The molecule has 1 aromatic carbocycles. The summed E-state index contributed by atoms with van der Waals surface area (Å²) < 4.78 is 14.7. The Morgan fingerprint density at radius 1 is 1.27 bits per heavy atom. The molecule has 3 rings (SSSR count). The molecule has 138 valence electrons. The molecule has 2 N–H and O–H groups in total. The lowest BCUT2D eigenvalue weighted by molar-refractivity contribution is 0.300. The summed E-state index contributed by atoms with van der Waals surface area (Å²) >= 11 is 0. The molecule has 0 amide bonds. The third-order valence-corrected chi connectivity index (χ3v) is 4.55. The largest absolute Gasteiger partial charge is 0.379 e. The number of fused-ring (bicyclic) bond motifs is 1. The normalized spacial score (nSPS) is 16.2. The first kappa shape index (κ1) is 18.3. The van der Waals surface area contributed by atoms with Gasteiger partial charge in [-0.25, -0.2) is 9.37 Å². The van der Waals surface area contributed by atoms with Crippen LogP contribution in [0.5, 0.6) is 0 Å². The second-order valence-electron chi connectivity index (χ2n) is 6.25. The number of rotatable bonds is 6. The predicted molar refractivity (Wildman–Crippen MR) is 103 cm³/mol. The van der Waals surface area contributed by atoms with Gasteiger partial charge in [-0.05, 0) is 19.4 Å². The van der Waals surface area contributed by atoms with Gasteiger partial charge in [-0.1, -0.05) is 25.1 Å². The van der Waals surface area contributed by atoms with Gasteiger partial charge in [0.25, 0.3) is 0 Å². The van der Waals surface area contributed by atoms with E-state index in [1.807, 2.05) is 13.0 Å². The lowest BCUT2D eigenvalue weighted by Crippen LogP contribution is -2.44. The maximum Gasteiger partial charge on any atom is 0.155 e. The summed E-state index contributed by atoms with van der Waals surface area (Å²) in [6.45, 7) is 8.47. The van der Waals surface area contributed by atoms with Gasteiger partial charge in [-0.15, -0.1) is 0 Å². The van der Waals surface area contributed by atoms with Gasteiger partial charge in [0.1, 0.15) is 5.52 Å². The van der Waals surface area contributed by atoms with Gasteiger partial charge in [0.15, 0.2) is 5.82 Å². The topological polar surface area (TPSA) is 53.1 Å². The number of nitrogens with one attached hydrogen (secondary N) is 2. The lowest BCUT2D eigenvalue weighted by Gasteiger charge is -2.33. The zero-order valence-electron chi connectivity index (χ0n) is 15.4. The molecular weight excluding hydrogens is 329 g/mol. The van der Waals surface area contributed by atoms with Crippen molar-refractivity contribution in [2.24, 2.45) is 0 Å². The van der Waals surface area contributed by atoms with E-state index in [-0.39, 0.29) is 5.82 Å². The number of hydrogen-bond acceptors (Lipinski definition) is 5. The highest BCUT2D eigenvalue weighted by Crippen LogP contribution is 2.19. The van der Waals surface area contributed by atoms with E-state index in [0.29, 0.717) is 23.1 Å². The van der Waals surface area contributed by atoms with Gasteiger partial charge >= 0.3 is 0 Å². The van der Waals surface area contributed by atoms with E-state index in [0.717, 1.165) is 38.3 Å². The van der Waals surface area contributed by atoms with E-state index >= 15 is 0 Å². The van der Waals surface area contributed by atoms with Gasteiger partial charge in [-0.2, -0.15) is 0 Å². The van der Waals surface area contributed by atoms with Crippen LogP contribution in [-0.4, -0.2) is 41.0 Å². The van der Waals surface area contributed by atoms with Crippen molar-refractivity contribution in [3.8, 4) is 0 Å².